The van der Waals surface area contributed by atoms with Crippen molar-refractivity contribution < 1.29 is 19.0 Å². The molecule has 8 heteroatoms. The van der Waals surface area contributed by atoms with Crippen molar-refractivity contribution >= 4 is 28.1 Å². The van der Waals surface area contributed by atoms with Crippen molar-refractivity contribution in [3.05, 3.63) is 59.1 Å². The lowest BCUT2D eigenvalue weighted by Gasteiger charge is -2.05. The van der Waals surface area contributed by atoms with E-state index < -0.39 is 0 Å². The van der Waals surface area contributed by atoms with Gasteiger partial charge in [-0.15, -0.1) is 11.3 Å². The van der Waals surface area contributed by atoms with Crippen LogP contribution in [-0.2, 0) is 6.42 Å². The zero-order valence-corrected chi connectivity index (χ0v) is 16.0. The number of rotatable bonds is 7. The van der Waals surface area contributed by atoms with Crippen LogP contribution in [0.3, 0.4) is 0 Å². The summed E-state index contributed by atoms with van der Waals surface area (Å²) in [7, 11) is 1.64. The molecule has 1 aliphatic heterocycles. The Morgan fingerprint density at radius 1 is 1.18 bits per heavy atom. The summed E-state index contributed by atoms with van der Waals surface area (Å²) in [5.74, 6) is 2.04. The molecule has 2 N–H and O–H groups in total. The molecule has 0 spiro atoms. The van der Waals surface area contributed by atoms with Crippen molar-refractivity contribution in [2.75, 3.05) is 25.8 Å². The predicted octanol–water partition coefficient (Wildman–Crippen LogP) is 3.60. The van der Waals surface area contributed by atoms with Gasteiger partial charge in [0.1, 0.15) is 11.4 Å². The fraction of sp³-hybridized carbons (Fsp3) is 0.200. The number of anilines is 2. The Balaban J connectivity index is 1.30. The average molecular weight is 397 g/mol. The van der Waals surface area contributed by atoms with Crippen molar-refractivity contribution in [1.82, 2.24) is 10.3 Å². The Morgan fingerprint density at radius 2 is 2.00 bits per heavy atom. The summed E-state index contributed by atoms with van der Waals surface area (Å²) in [5, 5.41) is 8.45. The van der Waals surface area contributed by atoms with Crippen LogP contribution in [0.1, 0.15) is 16.1 Å². The van der Waals surface area contributed by atoms with Crippen LogP contribution in [0.2, 0.25) is 0 Å². The van der Waals surface area contributed by atoms with E-state index in [1.807, 2.05) is 42.5 Å². The summed E-state index contributed by atoms with van der Waals surface area (Å²) in [6, 6.07) is 13.4. The van der Waals surface area contributed by atoms with E-state index in [-0.39, 0.29) is 12.7 Å². The molecule has 1 aliphatic rings. The summed E-state index contributed by atoms with van der Waals surface area (Å²) in [4.78, 5) is 16.7. The number of aromatic nitrogens is 1. The van der Waals surface area contributed by atoms with Crippen LogP contribution in [0, 0.1) is 0 Å². The third kappa shape index (κ3) is 4.17. The highest BCUT2D eigenvalue weighted by molar-refractivity contribution is 7.14. The summed E-state index contributed by atoms with van der Waals surface area (Å²) >= 11 is 1.37. The molecular formula is C20H19N3O4S. The van der Waals surface area contributed by atoms with Gasteiger partial charge in [0.25, 0.3) is 5.91 Å². The molecule has 28 heavy (non-hydrogen) atoms. The highest BCUT2D eigenvalue weighted by Gasteiger charge is 2.15. The number of methoxy groups -OCH3 is 1. The first kappa shape index (κ1) is 18.1. The monoisotopic (exact) mass is 397 g/mol. The number of ether oxygens (including phenoxy) is 3. The SMILES string of the molecule is COc1ccc(CCNC(=O)c2csc(Nc3ccc4c(c3)OCO4)n2)cc1. The average Bonchev–Trinajstić information content (AvgIpc) is 3.37. The van der Waals surface area contributed by atoms with Crippen LogP contribution >= 0.6 is 11.3 Å². The maximum Gasteiger partial charge on any atom is 0.270 e. The normalized spacial score (nSPS) is 11.9. The van der Waals surface area contributed by atoms with Gasteiger partial charge in [-0.3, -0.25) is 4.79 Å². The lowest BCUT2D eigenvalue weighted by atomic mass is 10.1. The highest BCUT2D eigenvalue weighted by Crippen LogP contribution is 2.35. The Bertz CT molecular complexity index is 972. The molecule has 0 saturated heterocycles. The molecule has 2 heterocycles. The first-order chi connectivity index (χ1) is 13.7. The van der Waals surface area contributed by atoms with E-state index in [9.17, 15) is 4.79 Å². The number of thiazole rings is 1. The van der Waals surface area contributed by atoms with E-state index in [1.54, 1.807) is 12.5 Å². The Morgan fingerprint density at radius 3 is 2.82 bits per heavy atom. The number of carbonyl (C=O) groups is 1. The number of hydrogen-bond acceptors (Lipinski definition) is 7. The molecular weight excluding hydrogens is 378 g/mol. The second-order valence-corrected chi connectivity index (χ2v) is 6.94. The molecule has 2 aromatic carbocycles. The van der Waals surface area contributed by atoms with Gasteiger partial charge in [0.15, 0.2) is 16.6 Å². The van der Waals surface area contributed by atoms with Crippen LogP contribution in [0.25, 0.3) is 0 Å². The van der Waals surface area contributed by atoms with Gasteiger partial charge < -0.3 is 24.8 Å². The number of fused-ring (bicyclic) bond motifs is 1. The molecule has 144 valence electrons. The van der Waals surface area contributed by atoms with Gasteiger partial charge in [-0.2, -0.15) is 0 Å². The van der Waals surface area contributed by atoms with Gasteiger partial charge in [0.2, 0.25) is 6.79 Å². The molecule has 0 unspecified atom stereocenters. The van der Waals surface area contributed by atoms with E-state index in [0.717, 1.165) is 29.2 Å². The molecule has 1 aromatic heterocycles. The van der Waals surface area contributed by atoms with Crippen molar-refractivity contribution in [1.29, 1.82) is 0 Å². The van der Waals surface area contributed by atoms with Crippen LogP contribution in [-0.4, -0.2) is 31.3 Å². The molecule has 3 aromatic rings. The van der Waals surface area contributed by atoms with Gasteiger partial charge >= 0.3 is 0 Å². The number of carbonyl (C=O) groups excluding carboxylic acids is 1. The van der Waals surface area contributed by atoms with Crippen LogP contribution in [0.15, 0.2) is 47.8 Å². The maximum absolute atomic E-state index is 12.3. The Hall–Kier alpha value is -3.26. The molecule has 4 rings (SSSR count). The predicted molar refractivity (Wildman–Crippen MR) is 107 cm³/mol. The third-order valence-corrected chi connectivity index (χ3v) is 4.98. The summed E-state index contributed by atoms with van der Waals surface area (Å²) in [6.07, 6.45) is 0.738. The van der Waals surface area contributed by atoms with Crippen LogP contribution in [0.4, 0.5) is 10.8 Å². The van der Waals surface area contributed by atoms with Crippen LogP contribution in [0.5, 0.6) is 17.2 Å². The minimum atomic E-state index is -0.191. The van der Waals surface area contributed by atoms with Crippen molar-refractivity contribution in [2.24, 2.45) is 0 Å². The van der Waals surface area contributed by atoms with Gasteiger partial charge in [0, 0.05) is 23.7 Å². The summed E-state index contributed by atoms with van der Waals surface area (Å²) < 4.78 is 15.8. The quantitative estimate of drug-likeness (QED) is 0.634. The second kappa shape index (κ2) is 8.18. The summed E-state index contributed by atoms with van der Waals surface area (Å²) in [6.45, 7) is 0.768. The van der Waals surface area contributed by atoms with E-state index in [0.29, 0.717) is 23.1 Å². The molecule has 0 aliphatic carbocycles. The highest BCUT2D eigenvalue weighted by atomic mass is 32.1. The van der Waals surface area contributed by atoms with Crippen LogP contribution < -0.4 is 24.8 Å². The molecule has 0 saturated carbocycles. The zero-order valence-electron chi connectivity index (χ0n) is 15.2. The zero-order chi connectivity index (χ0) is 19.3. The minimum absolute atomic E-state index is 0.191. The number of nitrogens with zero attached hydrogens (tertiary/aromatic N) is 1. The lowest BCUT2D eigenvalue weighted by molar-refractivity contribution is 0.0950. The fourth-order valence-electron chi connectivity index (χ4n) is 2.74. The number of amides is 1. The first-order valence-electron chi connectivity index (χ1n) is 8.74. The Labute approximate surface area is 166 Å². The number of benzene rings is 2. The minimum Gasteiger partial charge on any atom is -0.497 e. The summed E-state index contributed by atoms with van der Waals surface area (Å²) in [5.41, 5.74) is 2.34. The Kier molecular flexibility index (Phi) is 5.29. The van der Waals surface area contributed by atoms with E-state index in [2.05, 4.69) is 15.6 Å². The molecule has 0 radical (unpaired) electrons. The van der Waals surface area contributed by atoms with Crippen molar-refractivity contribution in [3.8, 4) is 17.2 Å². The topological polar surface area (TPSA) is 81.7 Å². The van der Waals surface area contributed by atoms with Gasteiger partial charge in [-0.05, 0) is 36.2 Å². The lowest BCUT2D eigenvalue weighted by Crippen LogP contribution is -2.25. The van der Waals surface area contributed by atoms with E-state index >= 15 is 0 Å². The molecule has 7 nitrogen and oxygen atoms in total. The van der Waals surface area contributed by atoms with Gasteiger partial charge in [-0.1, -0.05) is 12.1 Å². The number of nitrogens with one attached hydrogen (secondary N) is 2. The third-order valence-electron chi connectivity index (χ3n) is 4.22. The fourth-order valence-corrected chi connectivity index (χ4v) is 3.45. The molecule has 0 bridgehead atoms. The van der Waals surface area contributed by atoms with Crippen molar-refractivity contribution in [3.63, 3.8) is 0 Å². The second-order valence-electron chi connectivity index (χ2n) is 6.08. The molecule has 0 atom stereocenters. The van der Waals surface area contributed by atoms with E-state index in [1.165, 1.54) is 11.3 Å². The van der Waals surface area contributed by atoms with Gasteiger partial charge in [-0.25, -0.2) is 4.98 Å². The maximum atomic E-state index is 12.3. The van der Waals surface area contributed by atoms with Crippen molar-refractivity contribution in [2.45, 2.75) is 6.42 Å². The number of hydrogen-bond donors (Lipinski definition) is 2. The molecule has 0 fully saturated rings. The standard InChI is InChI=1S/C20H19N3O4S/c1-25-15-5-2-13(3-6-15)8-9-21-19(24)16-11-28-20(23-16)22-14-4-7-17-18(10-14)27-12-26-17/h2-7,10-11H,8-9,12H2,1H3,(H,21,24)(H,22,23). The van der Waals surface area contributed by atoms with E-state index in [4.69, 9.17) is 14.2 Å². The van der Waals surface area contributed by atoms with Gasteiger partial charge in [0.05, 0.1) is 7.11 Å². The largest absolute Gasteiger partial charge is 0.497 e. The first-order valence-corrected chi connectivity index (χ1v) is 9.62. The molecule has 1 amide bonds. The smallest absolute Gasteiger partial charge is 0.270 e.